The minimum absolute atomic E-state index is 0.00894. The summed E-state index contributed by atoms with van der Waals surface area (Å²) < 4.78 is 1.72. The summed E-state index contributed by atoms with van der Waals surface area (Å²) in [6.45, 7) is 7.20. The van der Waals surface area contributed by atoms with E-state index in [0.29, 0.717) is 13.0 Å². The molecule has 0 bridgehead atoms. The van der Waals surface area contributed by atoms with Gasteiger partial charge in [-0.2, -0.15) is 5.10 Å². The van der Waals surface area contributed by atoms with Gasteiger partial charge >= 0.3 is 0 Å². The van der Waals surface area contributed by atoms with Gasteiger partial charge in [0.1, 0.15) is 5.82 Å². The fraction of sp³-hybridized carbons (Fsp3) is 0.692. The van der Waals surface area contributed by atoms with Crippen LogP contribution in [-0.4, -0.2) is 29.3 Å². The summed E-state index contributed by atoms with van der Waals surface area (Å²) >= 11 is 0. The van der Waals surface area contributed by atoms with Gasteiger partial charge < -0.3 is 10.6 Å². The van der Waals surface area contributed by atoms with Crippen molar-refractivity contribution in [3.05, 3.63) is 11.8 Å². The predicted molar refractivity (Wildman–Crippen MR) is 73.5 cm³/mol. The molecule has 0 aromatic carbocycles. The lowest BCUT2D eigenvalue weighted by atomic mass is 9.91. The lowest BCUT2D eigenvalue weighted by Crippen LogP contribution is -2.19. The smallest absolute Gasteiger partial charge is 0.226 e. The van der Waals surface area contributed by atoms with Crippen molar-refractivity contribution in [1.29, 1.82) is 0 Å². The van der Waals surface area contributed by atoms with E-state index in [1.807, 2.05) is 20.2 Å². The standard InChI is InChI=1S/C13H24N4O/c1-13(2,3)9-10-8-11(17(5)16-10)15-12(18)6-7-14-4/h8,14H,6-7,9H2,1-5H3,(H,15,18). The highest BCUT2D eigenvalue weighted by Gasteiger charge is 2.15. The topological polar surface area (TPSA) is 59.0 Å². The molecule has 0 saturated carbocycles. The Labute approximate surface area is 109 Å². The third-order valence-corrected chi connectivity index (χ3v) is 2.51. The molecule has 0 aliphatic rings. The van der Waals surface area contributed by atoms with Crippen LogP contribution in [0.5, 0.6) is 0 Å². The molecular formula is C13H24N4O. The van der Waals surface area contributed by atoms with Crippen LogP contribution in [-0.2, 0) is 18.3 Å². The zero-order chi connectivity index (χ0) is 13.8. The van der Waals surface area contributed by atoms with E-state index < -0.39 is 0 Å². The predicted octanol–water partition coefficient (Wildman–Crippen LogP) is 1.56. The number of nitrogens with one attached hydrogen (secondary N) is 2. The average Bonchev–Trinajstić information content (AvgIpc) is 2.53. The fourth-order valence-corrected chi connectivity index (χ4v) is 1.72. The van der Waals surface area contributed by atoms with Crippen LogP contribution in [0.1, 0.15) is 32.9 Å². The Kier molecular flexibility index (Phi) is 4.90. The molecule has 0 spiro atoms. The summed E-state index contributed by atoms with van der Waals surface area (Å²) in [4.78, 5) is 11.6. The molecule has 0 fully saturated rings. The highest BCUT2D eigenvalue weighted by molar-refractivity contribution is 5.90. The van der Waals surface area contributed by atoms with Crippen LogP contribution in [0.15, 0.2) is 6.07 Å². The largest absolute Gasteiger partial charge is 0.319 e. The van der Waals surface area contributed by atoms with Crippen molar-refractivity contribution in [3.63, 3.8) is 0 Å². The molecule has 0 aliphatic carbocycles. The Morgan fingerprint density at radius 1 is 1.44 bits per heavy atom. The molecule has 1 amide bonds. The number of hydrogen-bond acceptors (Lipinski definition) is 3. The molecule has 1 rings (SSSR count). The van der Waals surface area contributed by atoms with E-state index in [9.17, 15) is 4.79 Å². The van der Waals surface area contributed by atoms with Gasteiger partial charge in [-0.1, -0.05) is 20.8 Å². The molecule has 0 atom stereocenters. The molecule has 5 heteroatoms. The van der Waals surface area contributed by atoms with E-state index in [1.54, 1.807) is 4.68 Å². The van der Waals surface area contributed by atoms with Gasteiger partial charge in [-0.15, -0.1) is 0 Å². The first-order valence-corrected chi connectivity index (χ1v) is 6.29. The zero-order valence-corrected chi connectivity index (χ0v) is 12.0. The van der Waals surface area contributed by atoms with Crippen molar-refractivity contribution in [3.8, 4) is 0 Å². The number of aromatic nitrogens is 2. The molecule has 0 saturated heterocycles. The maximum Gasteiger partial charge on any atom is 0.226 e. The lowest BCUT2D eigenvalue weighted by Gasteiger charge is -2.15. The van der Waals surface area contributed by atoms with E-state index >= 15 is 0 Å². The molecular weight excluding hydrogens is 228 g/mol. The Morgan fingerprint density at radius 2 is 2.11 bits per heavy atom. The van der Waals surface area contributed by atoms with Gasteiger partial charge in [0.05, 0.1) is 5.69 Å². The van der Waals surface area contributed by atoms with Gasteiger partial charge in [-0.25, -0.2) is 0 Å². The second-order valence-corrected chi connectivity index (χ2v) is 5.78. The quantitative estimate of drug-likeness (QED) is 0.836. The number of amides is 1. The molecule has 1 aromatic heterocycles. The zero-order valence-electron chi connectivity index (χ0n) is 12.0. The van der Waals surface area contributed by atoms with Gasteiger partial charge in [0.2, 0.25) is 5.91 Å². The van der Waals surface area contributed by atoms with E-state index in [4.69, 9.17) is 0 Å². The van der Waals surface area contributed by atoms with Crippen LogP contribution >= 0.6 is 0 Å². The first kappa shape index (κ1) is 14.7. The third kappa shape index (κ3) is 4.87. The monoisotopic (exact) mass is 252 g/mol. The summed E-state index contributed by atoms with van der Waals surface area (Å²) in [5, 5.41) is 10.2. The molecule has 1 heterocycles. The van der Waals surface area contributed by atoms with Crippen LogP contribution in [0, 0.1) is 5.41 Å². The molecule has 5 nitrogen and oxygen atoms in total. The number of carbonyl (C=O) groups excluding carboxylic acids is 1. The number of nitrogens with zero attached hydrogens (tertiary/aromatic N) is 2. The van der Waals surface area contributed by atoms with Crippen LogP contribution in [0.3, 0.4) is 0 Å². The second kappa shape index (κ2) is 6.00. The van der Waals surface area contributed by atoms with Crippen molar-refractivity contribution in [1.82, 2.24) is 15.1 Å². The maximum absolute atomic E-state index is 11.6. The van der Waals surface area contributed by atoms with Crippen molar-refractivity contribution in [2.45, 2.75) is 33.6 Å². The Morgan fingerprint density at radius 3 is 2.67 bits per heavy atom. The molecule has 1 aromatic rings. The summed E-state index contributed by atoms with van der Waals surface area (Å²) in [5.41, 5.74) is 1.20. The highest BCUT2D eigenvalue weighted by atomic mass is 16.1. The van der Waals surface area contributed by atoms with Gasteiger partial charge in [0.25, 0.3) is 0 Å². The second-order valence-electron chi connectivity index (χ2n) is 5.78. The minimum Gasteiger partial charge on any atom is -0.319 e. The molecule has 102 valence electrons. The molecule has 0 aliphatic heterocycles. The first-order valence-electron chi connectivity index (χ1n) is 6.29. The first-order chi connectivity index (χ1) is 8.31. The molecule has 18 heavy (non-hydrogen) atoms. The Balaban J connectivity index is 2.64. The van der Waals surface area contributed by atoms with Crippen molar-refractivity contribution >= 4 is 11.7 Å². The van der Waals surface area contributed by atoms with E-state index in [2.05, 4.69) is 36.5 Å². The maximum atomic E-state index is 11.6. The van der Waals surface area contributed by atoms with Gasteiger partial charge in [-0.05, 0) is 18.9 Å². The fourth-order valence-electron chi connectivity index (χ4n) is 1.72. The number of anilines is 1. The average molecular weight is 252 g/mol. The number of aryl methyl sites for hydroxylation is 1. The molecule has 0 unspecified atom stereocenters. The van der Waals surface area contributed by atoms with Gasteiger partial charge in [-0.3, -0.25) is 9.48 Å². The highest BCUT2D eigenvalue weighted by Crippen LogP contribution is 2.21. The van der Waals surface area contributed by atoms with Crippen LogP contribution < -0.4 is 10.6 Å². The van der Waals surface area contributed by atoms with Crippen molar-refractivity contribution < 1.29 is 4.79 Å². The van der Waals surface area contributed by atoms with E-state index in [1.165, 1.54) is 0 Å². The lowest BCUT2D eigenvalue weighted by molar-refractivity contribution is -0.116. The van der Waals surface area contributed by atoms with Gasteiger partial charge in [0.15, 0.2) is 0 Å². The van der Waals surface area contributed by atoms with Crippen LogP contribution in [0.2, 0.25) is 0 Å². The number of carbonyl (C=O) groups is 1. The van der Waals surface area contributed by atoms with Crippen LogP contribution in [0.25, 0.3) is 0 Å². The summed E-state index contributed by atoms with van der Waals surface area (Å²) in [5.74, 6) is 0.769. The normalized spacial score (nSPS) is 11.6. The summed E-state index contributed by atoms with van der Waals surface area (Å²) in [6.07, 6.45) is 1.36. The van der Waals surface area contributed by atoms with E-state index in [0.717, 1.165) is 17.9 Å². The Hall–Kier alpha value is -1.36. The Bertz CT molecular complexity index is 404. The molecule has 0 radical (unpaired) electrons. The number of hydrogen-bond donors (Lipinski definition) is 2. The third-order valence-electron chi connectivity index (χ3n) is 2.51. The van der Waals surface area contributed by atoms with Crippen molar-refractivity contribution in [2.75, 3.05) is 18.9 Å². The van der Waals surface area contributed by atoms with Crippen molar-refractivity contribution in [2.24, 2.45) is 12.5 Å². The SMILES string of the molecule is CNCCC(=O)Nc1cc(CC(C)(C)C)nn1C. The van der Waals surface area contributed by atoms with Crippen LogP contribution in [0.4, 0.5) is 5.82 Å². The minimum atomic E-state index is 0.00894. The summed E-state index contributed by atoms with van der Waals surface area (Å²) in [6, 6.07) is 1.95. The number of rotatable bonds is 5. The van der Waals surface area contributed by atoms with E-state index in [-0.39, 0.29) is 11.3 Å². The van der Waals surface area contributed by atoms with Gasteiger partial charge in [0, 0.05) is 26.1 Å². The molecule has 2 N–H and O–H groups in total. The summed E-state index contributed by atoms with van der Waals surface area (Å²) in [7, 11) is 3.68.